The molecule has 3 aromatic heterocycles. The van der Waals surface area contributed by atoms with Crippen molar-refractivity contribution in [3.8, 4) is 0 Å². The summed E-state index contributed by atoms with van der Waals surface area (Å²) in [5, 5.41) is 0. The second kappa shape index (κ2) is 10.7. The molecule has 6 rings (SSSR count). The van der Waals surface area contributed by atoms with E-state index in [1.807, 2.05) is 61.3 Å². The van der Waals surface area contributed by atoms with Gasteiger partial charge in [0.15, 0.2) is 5.58 Å². The Labute approximate surface area is 223 Å². The van der Waals surface area contributed by atoms with Gasteiger partial charge in [0.05, 0.1) is 12.0 Å². The summed E-state index contributed by atoms with van der Waals surface area (Å²) >= 11 is 0. The van der Waals surface area contributed by atoms with E-state index in [2.05, 4.69) is 67.6 Å². The van der Waals surface area contributed by atoms with Gasteiger partial charge >= 0.3 is 0 Å². The van der Waals surface area contributed by atoms with E-state index in [4.69, 9.17) is 9.40 Å². The molecule has 0 atom stereocenters. The maximum absolute atomic E-state index is 6.28. The van der Waals surface area contributed by atoms with Gasteiger partial charge in [0.2, 0.25) is 0 Å². The third-order valence-corrected chi connectivity index (χ3v) is 7.55. The number of aryl methyl sites for hydroxylation is 1. The Bertz CT molecular complexity index is 1440. The molecule has 0 N–H and O–H groups in total. The van der Waals surface area contributed by atoms with E-state index in [0.717, 1.165) is 61.5 Å². The molecule has 0 amide bonds. The molecule has 0 bridgehead atoms. The van der Waals surface area contributed by atoms with E-state index in [1.165, 1.54) is 11.3 Å². The molecule has 0 spiro atoms. The van der Waals surface area contributed by atoms with Gasteiger partial charge in [0.1, 0.15) is 5.52 Å². The number of para-hydroxylation sites is 2. The first kappa shape index (κ1) is 24.2. The molecule has 1 aliphatic rings. The van der Waals surface area contributed by atoms with Crippen LogP contribution in [0.15, 0.2) is 90.0 Å². The highest BCUT2D eigenvalue weighted by Crippen LogP contribution is 2.30. The molecule has 5 aromatic rings. The van der Waals surface area contributed by atoms with Crippen LogP contribution in [0.5, 0.6) is 0 Å². The predicted molar refractivity (Wildman–Crippen MR) is 150 cm³/mol. The van der Waals surface area contributed by atoms with Crippen molar-refractivity contribution >= 4 is 28.5 Å². The second-order valence-electron chi connectivity index (χ2n) is 10.0. The smallest absolute Gasteiger partial charge is 0.298 e. The molecule has 38 heavy (non-hydrogen) atoms. The summed E-state index contributed by atoms with van der Waals surface area (Å²) in [7, 11) is 4.14. The van der Waals surface area contributed by atoms with Crippen molar-refractivity contribution in [3.05, 3.63) is 96.8 Å². The molecule has 1 aliphatic heterocycles. The first-order valence-corrected chi connectivity index (χ1v) is 13.2. The van der Waals surface area contributed by atoms with Gasteiger partial charge in [-0.1, -0.05) is 24.3 Å². The zero-order valence-electron chi connectivity index (χ0n) is 21.9. The van der Waals surface area contributed by atoms with Crippen LogP contribution < -0.4 is 9.80 Å². The molecular weight excluding hydrogens is 474 g/mol. The zero-order valence-corrected chi connectivity index (χ0v) is 21.9. The van der Waals surface area contributed by atoms with Crippen molar-refractivity contribution < 1.29 is 4.42 Å². The molecular formula is C30H33N7O. The minimum absolute atomic E-state index is 0.352. The molecule has 4 heterocycles. The topological polar surface area (TPSA) is 66.5 Å². The largest absolute Gasteiger partial charge is 0.423 e. The Kier molecular flexibility index (Phi) is 6.79. The number of hydrogen-bond donors (Lipinski definition) is 0. The number of benzene rings is 2. The highest BCUT2D eigenvalue weighted by Gasteiger charge is 2.28. The van der Waals surface area contributed by atoms with Gasteiger partial charge in [-0.15, -0.1) is 0 Å². The van der Waals surface area contributed by atoms with Gasteiger partial charge < -0.3 is 18.8 Å². The molecule has 0 radical (unpaired) electrons. The average Bonchev–Trinajstić information content (AvgIpc) is 3.58. The molecule has 0 unspecified atom stereocenters. The maximum atomic E-state index is 6.28. The van der Waals surface area contributed by atoms with E-state index < -0.39 is 0 Å². The van der Waals surface area contributed by atoms with Crippen LogP contribution in [0.4, 0.5) is 17.4 Å². The first-order valence-electron chi connectivity index (χ1n) is 13.2. The van der Waals surface area contributed by atoms with Crippen LogP contribution in [0.3, 0.4) is 0 Å². The summed E-state index contributed by atoms with van der Waals surface area (Å²) in [6.45, 7) is 3.74. The van der Waals surface area contributed by atoms with Crippen molar-refractivity contribution in [3.63, 3.8) is 0 Å². The van der Waals surface area contributed by atoms with Crippen LogP contribution in [0, 0.1) is 0 Å². The fourth-order valence-corrected chi connectivity index (χ4v) is 5.23. The highest BCUT2D eigenvalue weighted by molar-refractivity contribution is 5.74. The third-order valence-electron chi connectivity index (χ3n) is 7.55. The second-order valence-corrected chi connectivity index (χ2v) is 10.0. The fourth-order valence-electron chi connectivity index (χ4n) is 5.23. The minimum atomic E-state index is 0.352. The van der Waals surface area contributed by atoms with E-state index >= 15 is 0 Å². The van der Waals surface area contributed by atoms with Crippen molar-refractivity contribution in [2.45, 2.75) is 32.0 Å². The van der Waals surface area contributed by atoms with Crippen LogP contribution in [-0.2, 0) is 20.1 Å². The summed E-state index contributed by atoms with van der Waals surface area (Å²) < 4.78 is 8.38. The highest BCUT2D eigenvalue weighted by atomic mass is 16.4. The van der Waals surface area contributed by atoms with E-state index in [-0.39, 0.29) is 0 Å². The first-order chi connectivity index (χ1) is 18.6. The Balaban J connectivity index is 1.20. The number of rotatable bonds is 8. The molecule has 8 heteroatoms. The van der Waals surface area contributed by atoms with Crippen LogP contribution in [0.25, 0.3) is 11.1 Å². The van der Waals surface area contributed by atoms with Gasteiger partial charge in [0, 0.05) is 76.3 Å². The summed E-state index contributed by atoms with van der Waals surface area (Å²) in [5.74, 6) is 0. The number of oxazole rings is 1. The monoisotopic (exact) mass is 507 g/mol. The van der Waals surface area contributed by atoms with Crippen molar-refractivity contribution in [2.75, 3.05) is 29.9 Å². The zero-order chi connectivity index (χ0) is 25.9. The van der Waals surface area contributed by atoms with Crippen molar-refractivity contribution in [2.24, 2.45) is 7.05 Å². The normalized spacial score (nSPS) is 14.7. The number of piperidine rings is 1. The lowest BCUT2D eigenvalue weighted by Gasteiger charge is -2.38. The van der Waals surface area contributed by atoms with Gasteiger partial charge in [-0.25, -0.2) is 4.98 Å². The lowest BCUT2D eigenvalue weighted by molar-refractivity contribution is 0.195. The Morgan fingerprint density at radius 3 is 2.37 bits per heavy atom. The SMILES string of the molecule is CN(c1ccncc1)c1ccc(CN(c2nc3ccccc3o2)C2CCN(Cc3cncn3C)CC2)cc1. The van der Waals surface area contributed by atoms with E-state index in [9.17, 15) is 0 Å². The van der Waals surface area contributed by atoms with Gasteiger partial charge in [-0.3, -0.25) is 9.88 Å². The van der Waals surface area contributed by atoms with Crippen LogP contribution in [-0.4, -0.2) is 50.6 Å². The number of nitrogens with zero attached hydrogens (tertiary/aromatic N) is 7. The van der Waals surface area contributed by atoms with Gasteiger partial charge in [0.25, 0.3) is 6.01 Å². The van der Waals surface area contributed by atoms with Gasteiger partial charge in [-0.05, 0) is 54.8 Å². The Hall–Kier alpha value is -4.17. The number of hydrogen-bond acceptors (Lipinski definition) is 7. The summed E-state index contributed by atoms with van der Waals surface area (Å²) in [5.41, 5.74) is 6.45. The number of fused-ring (bicyclic) bond motifs is 1. The van der Waals surface area contributed by atoms with Crippen LogP contribution >= 0.6 is 0 Å². The van der Waals surface area contributed by atoms with E-state index in [0.29, 0.717) is 12.1 Å². The number of anilines is 3. The molecule has 1 fully saturated rings. The van der Waals surface area contributed by atoms with Crippen molar-refractivity contribution in [1.29, 1.82) is 0 Å². The van der Waals surface area contributed by atoms with Crippen molar-refractivity contribution in [1.82, 2.24) is 24.4 Å². The van der Waals surface area contributed by atoms with E-state index in [1.54, 1.807) is 0 Å². The van der Waals surface area contributed by atoms with Crippen LogP contribution in [0.1, 0.15) is 24.1 Å². The fraction of sp³-hybridized carbons (Fsp3) is 0.300. The van der Waals surface area contributed by atoms with Gasteiger partial charge in [-0.2, -0.15) is 4.98 Å². The third kappa shape index (κ3) is 5.13. The number of imidazole rings is 1. The van der Waals surface area contributed by atoms with Crippen LogP contribution in [0.2, 0.25) is 0 Å². The predicted octanol–water partition coefficient (Wildman–Crippen LogP) is 5.40. The molecule has 2 aromatic carbocycles. The standard InChI is InChI=1S/C30H33N7O/c1-34-22-32-19-27(34)21-36-17-13-26(14-18-36)37(30-33-28-5-3-4-6-29(28)38-30)20-23-7-9-24(10-8-23)35(2)25-11-15-31-16-12-25/h3-12,15-16,19,22,26H,13-14,17-18,20-21H2,1-2H3. The minimum Gasteiger partial charge on any atom is -0.423 e. The molecule has 1 saturated heterocycles. The lowest BCUT2D eigenvalue weighted by atomic mass is 10.0. The summed E-state index contributed by atoms with van der Waals surface area (Å²) in [4.78, 5) is 20.3. The Morgan fingerprint density at radius 1 is 0.921 bits per heavy atom. The quantitative estimate of drug-likeness (QED) is 0.279. The summed E-state index contributed by atoms with van der Waals surface area (Å²) in [6, 6.07) is 21.9. The maximum Gasteiger partial charge on any atom is 0.298 e. The number of aromatic nitrogens is 4. The molecule has 0 aliphatic carbocycles. The molecule has 194 valence electrons. The lowest BCUT2D eigenvalue weighted by Crippen LogP contribution is -2.44. The average molecular weight is 508 g/mol. The molecule has 0 saturated carbocycles. The number of pyridine rings is 1. The molecule has 8 nitrogen and oxygen atoms in total. The summed E-state index contributed by atoms with van der Waals surface area (Å²) in [6.07, 6.45) is 9.59. The Morgan fingerprint density at radius 2 is 1.66 bits per heavy atom. The number of likely N-dealkylation sites (tertiary alicyclic amines) is 1.